The Morgan fingerprint density at radius 1 is 1.22 bits per heavy atom. The molecule has 1 aliphatic rings. The van der Waals surface area contributed by atoms with Crippen LogP contribution < -0.4 is 10.1 Å². The van der Waals surface area contributed by atoms with Crippen molar-refractivity contribution in [2.75, 3.05) is 6.54 Å². The van der Waals surface area contributed by atoms with E-state index in [9.17, 15) is 13.2 Å². The molecule has 1 fully saturated rings. The van der Waals surface area contributed by atoms with Crippen molar-refractivity contribution in [3.8, 4) is 5.75 Å². The molecule has 1 saturated heterocycles. The monoisotopic (exact) mass is 259 g/mol. The summed E-state index contributed by atoms with van der Waals surface area (Å²) in [5, 5.41) is 3.28. The Morgan fingerprint density at radius 3 is 2.56 bits per heavy atom. The minimum Gasteiger partial charge on any atom is -0.405 e. The van der Waals surface area contributed by atoms with Gasteiger partial charge in [-0.15, -0.1) is 13.2 Å². The quantitative estimate of drug-likeness (QED) is 0.878. The molecule has 1 aromatic rings. The van der Waals surface area contributed by atoms with E-state index in [0.717, 1.165) is 12.8 Å². The fourth-order valence-electron chi connectivity index (χ4n) is 2.30. The largest absolute Gasteiger partial charge is 0.573 e. The van der Waals surface area contributed by atoms with E-state index >= 15 is 0 Å². The van der Waals surface area contributed by atoms with E-state index < -0.39 is 6.36 Å². The summed E-state index contributed by atoms with van der Waals surface area (Å²) in [6.45, 7) is 2.77. The molecular weight excluding hydrogens is 243 g/mol. The summed E-state index contributed by atoms with van der Waals surface area (Å²) in [7, 11) is 0. The number of para-hydroxylation sites is 1. The lowest BCUT2D eigenvalue weighted by molar-refractivity contribution is -0.275. The van der Waals surface area contributed by atoms with Crippen LogP contribution in [0.3, 0.4) is 0 Å². The van der Waals surface area contributed by atoms with Crippen LogP contribution in [0.5, 0.6) is 5.75 Å². The second kappa shape index (κ2) is 5.18. The Balaban J connectivity index is 2.17. The van der Waals surface area contributed by atoms with Crippen LogP contribution in [0.25, 0.3) is 0 Å². The van der Waals surface area contributed by atoms with Crippen LogP contribution in [0.15, 0.2) is 24.3 Å². The highest BCUT2D eigenvalue weighted by atomic mass is 19.4. The van der Waals surface area contributed by atoms with E-state index in [-0.39, 0.29) is 11.7 Å². The average molecular weight is 259 g/mol. The molecule has 1 heterocycles. The van der Waals surface area contributed by atoms with Gasteiger partial charge in [-0.3, -0.25) is 0 Å². The topological polar surface area (TPSA) is 21.3 Å². The highest BCUT2D eigenvalue weighted by Crippen LogP contribution is 2.34. The number of piperidine rings is 1. The molecule has 0 bridgehead atoms. The number of nitrogens with one attached hydrogen (secondary N) is 1. The minimum atomic E-state index is -4.63. The molecule has 5 heteroatoms. The molecule has 0 saturated carbocycles. The number of rotatable bonds is 2. The van der Waals surface area contributed by atoms with Crippen LogP contribution in [0.1, 0.15) is 31.2 Å². The predicted molar refractivity (Wildman–Crippen MR) is 62.6 cm³/mol. The third-order valence-corrected chi connectivity index (χ3v) is 3.25. The molecule has 2 rings (SSSR count). The Labute approximate surface area is 104 Å². The van der Waals surface area contributed by atoms with Crippen LogP contribution in [0.4, 0.5) is 13.2 Å². The van der Waals surface area contributed by atoms with Gasteiger partial charge in [0.25, 0.3) is 0 Å². The van der Waals surface area contributed by atoms with E-state index in [1.54, 1.807) is 18.2 Å². The van der Waals surface area contributed by atoms with Gasteiger partial charge < -0.3 is 10.1 Å². The highest BCUT2D eigenvalue weighted by molar-refractivity contribution is 5.37. The van der Waals surface area contributed by atoms with E-state index in [1.165, 1.54) is 6.07 Å². The van der Waals surface area contributed by atoms with E-state index in [4.69, 9.17) is 0 Å². The van der Waals surface area contributed by atoms with Gasteiger partial charge in [-0.05, 0) is 31.4 Å². The van der Waals surface area contributed by atoms with E-state index in [1.807, 2.05) is 0 Å². The first-order valence-corrected chi connectivity index (χ1v) is 6.04. The van der Waals surface area contributed by atoms with Crippen molar-refractivity contribution in [1.29, 1.82) is 0 Å². The summed E-state index contributed by atoms with van der Waals surface area (Å²) < 4.78 is 41.0. The molecule has 2 nitrogen and oxygen atoms in total. The van der Waals surface area contributed by atoms with Crippen LogP contribution in [-0.4, -0.2) is 18.9 Å². The molecule has 18 heavy (non-hydrogen) atoms. The first-order valence-electron chi connectivity index (χ1n) is 6.04. The third kappa shape index (κ3) is 3.38. The zero-order valence-electron chi connectivity index (χ0n) is 10.1. The molecule has 1 aromatic carbocycles. The zero-order valence-corrected chi connectivity index (χ0v) is 10.1. The molecule has 0 aromatic heterocycles. The Kier molecular flexibility index (Phi) is 3.80. The summed E-state index contributed by atoms with van der Waals surface area (Å²) in [5.74, 6) is 0.00565. The maximum Gasteiger partial charge on any atom is 0.573 e. The van der Waals surface area contributed by atoms with Gasteiger partial charge in [-0.25, -0.2) is 0 Å². The standard InChI is InChI=1S/C13H16F3NO/c1-9-6-7-10(8-17-9)11-4-2-3-5-12(11)18-13(14,15)16/h2-5,9-10,17H,6-8H2,1H3. The van der Waals surface area contributed by atoms with Gasteiger partial charge in [0.15, 0.2) is 0 Å². The summed E-state index contributed by atoms with van der Waals surface area (Å²) >= 11 is 0. The summed E-state index contributed by atoms with van der Waals surface area (Å²) in [4.78, 5) is 0. The number of ether oxygens (including phenoxy) is 1. The summed E-state index contributed by atoms with van der Waals surface area (Å²) in [5.41, 5.74) is 0.634. The number of hydrogen-bond acceptors (Lipinski definition) is 2. The Morgan fingerprint density at radius 2 is 1.94 bits per heavy atom. The lowest BCUT2D eigenvalue weighted by Crippen LogP contribution is -2.36. The van der Waals surface area contributed by atoms with Gasteiger partial charge in [-0.1, -0.05) is 18.2 Å². The molecule has 100 valence electrons. The van der Waals surface area contributed by atoms with Crippen molar-refractivity contribution in [1.82, 2.24) is 5.32 Å². The van der Waals surface area contributed by atoms with Crippen LogP contribution in [-0.2, 0) is 0 Å². The minimum absolute atomic E-state index is 0.0775. The number of benzene rings is 1. The second-order valence-corrected chi connectivity index (χ2v) is 4.67. The molecular formula is C13H16F3NO. The van der Waals surface area contributed by atoms with Crippen LogP contribution >= 0.6 is 0 Å². The normalized spacial score (nSPS) is 24.9. The fraction of sp³-hybridized carbons (Fsp3) is 0.538. The second-order valence-electron chi connectivity index (χ2n) is 4.67. The summed E-state index contributed by atoms with van der Waals surface area (Å²) in [6.07, 6.45) is -2.79. The number of halogens is 3. The molecule has 1 aliphatic heterocycles. The van der Waals surface area contributed by atoms with E-state index in [0.29, 0.717) is 18.2 Å². The molecule has 0 aliphatic carbocycles. The maximum absolute atomic E-state index is 12.3. The first-order chi connectivity index (χ1) is 8.46. The smallest absolute Gasteiger partial charge is 0.405 e. The molecule has 0 radical (unpaired) electrons. The average Bonchev–Trinajstić information content (AvgIpc) is 2.29. The number of alkyl halides is 3. The van der Waals surface area contributed by atoms with Gasteiger partial charge in [0, 0.05) is 18.5 Å². The van der Waals surface area contributed by atoms with E-state index in [2.05, 4.69) is 17.0 Å². The molecule has 0 spiro atoms. The van der Waals surface area contributed by atoms with Crippen molar-refractivity contribution >= 4 is 0 Å². The van der Waals surface area contributed by atoms with Crippen molar-refractivity contribution in [2.45, 2.75) is 38.1 Å². The van der Waals surface area contributed by atoms with Crippen molar-refractivity contribution in [2.24, 2.45) is 0 Å². The summed E-state index contributed by atoms with van der Waals surface area (Å²) in [6, 6.07) is 6.82. The van der Waals surface area contributed by atoms with Gasteiger partial charge in [0.05, 0.1) is 0 Å². The molecule has 2 unspecified atom stereocenters. The van der Waals surface area contributed by atoms with Crippen molar-refractivity contribution < 1.29 is 17.9 Å². The predicted octanol–water partition coefficient (Wildman–Crippen LogP) is 3.44. The highest BCUT2D eigenvalue weighted by Gasteiger charge is 2.33. The fourth-order valence-corrected chi connectivity index (χ4v) is 2.30. The zero-order chi connectivity index (χ0) is 13.2. The lowest BCUT2D eigenvalue weighted by Gasteiger charge is -2.29. The van der Waals surface area contributed by atoms with Gasteiger partial charge in [0.1, 0.15) is 5.75 Å². The molecule has 0 amide bonds. The lowest BCUT2D eigenvalue weighted by atomic mass is 9.88. The Bertz CT molecular complexity index is 397. The van der Waals surface area contributed by atoms with Gasteiger partial charge >= 0.3 is 6.36 Å². The first kappa shape index (κ1) is 13.2. The van der Waals surface area contributed by atoms with Crippen LogP contribution in [0.2, 0.25) is 0 Å². The third-order valence-electron chi connectivity index (χ3n) is 3.25. The van der Waals surface area contributed by atoms with Crippen molar-refractivity contribution in [3.05, 3.63) is 29.8 Å². The number of hydrogen-bond donors (Lipinski definition) is 1. The Hall–Kier alpha value is -1.23. The van der Waals surface area contributed by atoms with Crippen molar-refractivity contribution in [3.63, 3.8) is 0 Å². The molecule has 2 atom stereocenters. The molecule has 1 N–H and O–H groups in total. The SMILES string of the molecule is CC1CCC(c2ccccc2OC(F)(F)F)CN1. The van der Waals surface area contributed by atoms with Gasteiger partial charge in [0.2, 0.25) is 0 Å². The maximum atomic E-state index is 12.3. The van der Waals surface area contributed by atoms with Crippen LogP contribution in [0, 0.1) is 0 Å². The van der Waals surface area contributed by atoms with Gasteiger partial charge in [-0.2, -0.15) is 0 Å².